The summed E-state index contributed by atoms with van der Waals surface area (Å²) in [5, 5.41) is 6.38. The Morgan fingerprint density at radius 2 is 1.92 bits per heavy atom. The van der Waals surface area contributed by atoms with Crippen LogP contribution in [0.2, 0.25) is 0 Å². The largest absolute Gasteiger partial charge is 0.439 e. The third kappa shape index (κ3) is 3.26. The summed E-state index contributed by atoms with van der Waals surface area (Å²) < 4.78 is 42.2. The van der Waals surface area contributed by atoms with Crippen LogP contribution >= 0.6 is 0 Å². The molecule has 0 amide bonds. The Balaban J connectivity index is 1.94. The van der Waals surface area contributed by atoms with Crippen LogP contribution < -0.4 is 11.1 Å². The van der Waals surface area contributed by atoms with E-state index in [1.165, 1.54) is 18.3 Å². The summed E-state index contributed by atoms with van der Waals surface area (Å²) in [6, 6.07) is 4.42. The standard InChI is InChI=1S/C14H10F3N5O2/c1-7-6-18-11(10(19-7)12-21-13(23)24-22-12)20-9-4-2-8(3-5-9)14(15,16)17/h2-6H,1H3,(H,18,20)(H,21,22,23). The van der Waals surface area contributed by atoms with Gasteiger partial charge >= 0.3 is 11.9 Å². The lowest BCUT2D eigenvalue weighted by Crippen LogP contribution is -2.05. The molecule has 0 saturated heterocycles. The zero-order chi connectivity index (χ0) is 17.3. The predicted molar refractivity (Wildman–Crippen MR) is 77.6 cm³/mol. The summed E-state index contributed by atoms with van der Waals surface area (Å²) in [7, 11) is 0. The highest BCUT2D eigenvalue weighted by molar-refractivity contribution is 5.70. The van der Waals surface area contributed by atoms with Crippen molar-refractivity contribution in [3.8, 4) is 11.5 Å². The molecule has 0 spiro atoms. The molecule has 0 bridgehead atoms. The minimum absolute atomic E-state index is 0.0608. The highest BCUT2D eigenvalue weighted by Gasteiger charge is 2.30. The van der Waals surface area contributed by atoms with E-state index in [1.54, 1.807) is 6.92 Å². The van der Waals surface area contributed by atoms with E-state index in [0.29, 0.717) is 11.4 Å². The van der Waals surface area contributed by atoms with Gasteiger partial charge in [0.15, 0.2) is 11.5 Å². The minimum atomic E-state index is -4.41. The number of alkyl halides is 3. The summed E-state index contributed by atoms with van der Waals surface area (Å²) in [4.78, 5) is 21.8. The van der Waals surface area contributed by atoms with Gasteiger partial charge < -0.3 is 5.32 Å². The Morgan fingerprint density at radius 3 is 2.50 bits per heavy atom. The number of anilines is 2. The first-order valence-electron chi connectivity index (χ1n) is 6.67. The number of hydrogen-bond donors (Lipinski definition) is 2. The van der Waals surface area contributed by atoms with E-state index in [9.17, 15) is 18.0 Å². The molecule has 2 aromatic heterocycles. The third-order valence-corrected chi connectivity index (χ3v) is 3.03. The van der Waals surface area contributed by atoms with Crippen LogP contribution in [0.3, 0.4) is 0 Å². The van der Waals surface area contributed by atoms with Gasteiger partial charge in [-0.3, -0.25) is 9.51 Å². The summed E-state index contributed by atoms with van der Waals surface area (Å²) in [5.41, 5.74) is 0.380. The number of nitrogens with zero attached hydrogens (tertiary/aromatic N) is 3. The number of aryl methyl sites for hydroxylation is 1. The molecule has 24 heavy (non-hydrogen) atoms. The first-order valence-corrected chi connectivity index (χ1v) is 6.67. The lowest BCUT2D eigenvalue weighted by Gasteiger charge is -2.11. The fourth-order valence-corrected chi connectivity index (χ4v) is 1.94. The highest BCUT2D eigenvalue weighted by atomic mass is 19.4. The van der Waals surface area contributed by atoms with Crippen molar-refractivity contribution in [1.29, 1.82) is 0 Å². The number of hydrogen-bond acceptors (Lipinski definition) is 6. The number of H-pyrrole nitrogens is 1. The average molecular weight is 337 g/mol. The number of rotatable bonds is 3. The van der Waals surface area contributed by atoms with E-state index < -0.39 is 17.5 Å². The Labute approximate surface area is 132 Å². The second-order valence-electron chi connectivity index (χ2n) is 4.85. The number of halogens is 3. The van der Waals surface area contributed by atoms with E-state index in [1.807, 2.05) is 0 Å². The quantitative estimate of drug-likeness (QED) is 0.763. The van der Waals surface area contributed by atoms with Crippen molar-refractivity contribution >= 4 is 11.5 Å². The van der Waals surface area contributed by atoms with Gasteiger partial charge in [-0.05, 0) is 31.2 Å². The van der Waals surface area contributed by atoms with E-state index >= 15 is 0 Å². The number of aromatic amines is 1. The fraction of sp³-hybridized carbons (Fsp3) is 0.143. The van der Waals surface area contributed by atoms with Crippen molar-refractivity contribution in [3.63, 3.8) is 0 Å². The SMILES string of the molecule is Cc1cnc(Nc2ccc(C(F)(F)F)cc2)c(-c2noc(=O)[nH]2)n1. The molecule has 1 aromatic carbocycles. The maximum Gasteiger partial charge on any atom is 0.439 e. The maximum atomic E-state index is 12.6. The van der Waals surface area contributed by atoms with E-state index in [-0.39, 0.29) is 17.3 Å². The zero-order valence-electron chi connectivity index (χ0n) is 12.2. The first-order chi connectivity index (χ1) is 11.3. The summed E-state index contributed by atoms with van der Waals surface area (Å²) in [5.74, 6) is -0.482. The van der Waals surface area contributed by atoms with E-state index in [0.717, 1.165) is 12.1 Å². The topological polar surface area (TPSA) is 96.7 Å². The molecule has 124 valence electrons. The average Bonchev–Trinajstić information content (AvgIpc) is 2.95. The van der Waals surface area contributed by atoms with Crippen molar-refractivity contribution in [1.82, 2.24) is 20.1 Å². The van der Waals surface area contributed by atoms with Crippen molar-refractivity contribution in [2.75, 3.05) is 5.32 Å². The molecule has 2 N–H and O–H groups in total. The lowest BCUT2D eigenvalue weighted by molar-refractivity contribution is -0.137. The van der Waals surface area contributed by atoms with Gasteiger partial charge in [0.25, 0.3) is 0 Å². The summed E-state index contributed by atoms with van der Waals surface area (Å²) in [6.07, 6.45) is -2.94. The van der Waals surface area contributed by atoms with Gasteiger partial charge in [-0.2, -0.15) is 13.2 Å². The molecule has 7 nitrogen and oxygen atoms in total. The molecule has 0 aliphatic rings. The van der Waals surface area contributed by atoms with Crippen LogP contribution in [0.1, 0.15) is 11.3 Å². The second kappa shape index (κ2) is 5.80. The molecule has 0 unspecified atom stereocenters. The zero-order valence-corrected chi connectivity index (χ0v) is 12.2. The van der Waals surface area contributed by atoms with Gasteiger partial charge in [-0.1, -0.05) is 5.16 Å². The minimum Gasteiger partial charge on any atom is -0.338 e. The van der Waals surface area contributed by atoms with Gasteiger partial charge in [-0.25, -0.2) is 14.8 Å². The Kier molecular flexibility index (Phi) is 3.80. The van der Waals surface area contributed by atoms with Gasteiger partial charge in [0.2, 0.25) is 5.82 Å². The van der Waals surface area contributed by atoms with Gasteiger partial charge in [0.1, 0.15) is 0 Å². The smallest absolute Gasteiger partial charge is 0.338 e. The molecular weight excluding hydrogens is 327 g/mol. The molecule has 2 heterocycles. The Morgan fingerprint density at radius 1 is 1.21 bits per heavy atom. The molecule has 0 aliphatic heterocycles. The first kappa shape index (κ1) is 15.7. The molecule has 0 atom stereocenters. The molecular formula is C14H10F3N5O2. The van der Waals surface area contributed by atoms with Crippen LogP contribution in [-0.2, 0) is 6.18 Å². The molecule has 10 heteroatoms. The van der Waals surface area contributed by atoms with Gasteiger partial charge in [-0.15, -0.1) is 0 Å². The summed E-state index contributed by atoms with van der Waals surface area (Å²) in [6.45, 7) is 1.69. The van der Waals surface area contributed by atoms with Crippen molar-refractivity contribution in [3.05, 3.63) is 52.3 Å². The maximum absolute atomic E-state index is 12.6. The molecule has 3 aromatic rings. The van der Waals surface area contributed by atoms with Crippen LogP contribution in [0.25, 0.3) is 11.5 Å². The van der Waals surface area contributed by atoms with Crippen LogP contribution in [0.15, 0.2) is 39.8 Å². The van der Waals surface area contributed by atoms with Gasteiger partial charge in [0, 0.05) is 5.69 Å². The molecule has 0 radical (unpaired) electrons. The number of aromatic nitrogens is 4. The number of nitrogens with one attached hydrogen (secondary N) is 2. The molecule has 0 fully saturated rings. The van der Waals surface area contributed by atoms with Crippen LogP contribution in [0.5, 0.6) is 0 Å². The van der Waals surface area contributed by atoms with Crippen LogP contribution in [0.4, 0.5) is 24.7 Å². The predicted octanol–water partition coefficient (Wildman–Crippen LogP) is 2.89. The monoisotopic (exact) mass is 337 g/mol. The third-order valence-electron chi connectivity index (χ3n) is 3.03. The van der Waals surface area contributed by atoms with Crippen LogP contribution in [-0.4, -0.2) is 20.1 Å². The Bertz CT molecular complexity index is 915. The van der Waals surface area contributed by atoms with Crippen LogP contribution in [0, 0.1) is 6.92 Å². The van der Waals surface area contributed by atoms with E-state index in [2.05, 4.69) is 29.9 Å². The molecule has 0 saturated carbocycles. The summed E-state index contributed by atoms with van der Waals surface area (Å²) >= 11 is 0. The second-order valence-corrected chi connectivity index (χ2v) is 4.85. The van der Waals surface area contributed by atoms with Crippen molar-refractivity contribution in [2.24, 2.45) is 0 Å². The number of benzene rings is 1. The lowest BCUT2D eigenvalue weighted by atomic mass is 10.2. The molecule has 3 rings (SSSR count). The fourth-order valence-electron chi connectivity index (χ4n) is 1.94. The molecule has 0 aliphatic carbocycles. The van der Waals surface area contributed by atoms with Crippen molar-refractivity contribution in [2.45, 2.75) is 13.1 Å². The van der Waals surface area contributed by atoms with E-state index in [4.69, 9.17) is 0 Å². The Hall–Kier alpha value is -3.17. The normalized spacial score (nSPS) is 11.5. The highest BCUT2D eigenvalue weighted by Crippen LogP contribution is 2.31. The van der Waals surface area contributed by atoms with Gasteiger partial charge in [0.05, 0.1) is 17.5 Å². The van der Waals surface area contributed by atoms with Crippen molar-refractivity contribution < 1.29 is 17.7 Å².